The maximum Gasteiger partial charge on any atom is 0.272 e. The van der Waals surface area contributed by atoms with Gasteiger partial charge >= 0.3 is 0 Å². The highest BCUT2D eigenvalue weighted by atomic mass is 32.2. The van der Waals surface area contributed by atoms with Gasteiger partial charge < -0.3 is 5.32 Å². The van der Waals surface area contributed by atoms with Crippen LogP contribution in [0.2, 0.25) is 0 Å². The minimum atomic E-state index is -3.59. The molecular weight excluding hydrogens is 354 g/mol. The van der Waals surface area contributed by atoms with E-state index in [-0.39, 0.29) is 10.0 Å². The first-order valence-electron chi connectivity index (χ1n) is 7.73. The zero-order valence-corrected chi connectivity index (χ0v) is 15.8. The summed E-state index contributed by atoms with van der Waals surface area (Å²) in [4.78, 5) is 5.14. The molecule has 0 bridgehead atoms. The highest BCUT2D eigenvalue weighted by molar-refractivity contribution is 7.94. The molecule has 2 N–H and O–H groups in total. The molecule has 0 aliphatic carbocycles. The third kappa shape index (κ3) is 4.18. The number of benzene rings is 1. The Bertz CT molecular complexity index is 993. The van der Waals surface area contributed by atoms with E-state index < -0.39 is 10.0 Å². The standard InChI is InChI=1S/C18H19N3O2S2/c1-12-4-5-13(2)16(10-12)20-15-7-8-17(19-11-15)21-25(22,23)18-9-6-14(3)24-18/h4-11,20H,1-3H3,(H,19,21). The van der Waals surface area contributed by atoms with Gasteiger partial charge in [-0.3, -0.25) is 4.72 Å². The summed E-state index contributed by atoms with van der Waals surface area (Å²) in [5.41, 5.74) is 4.09. The van der Waals surface area contributed by atoms with Crippen molar-refractivity contribution >= 4 is 38.6 Å². The van der Waals surface area contributed by atoms with Gasteiger partial charge in [-0.05, 0) is 62.2 Å². The van der Waals surface area contributed by atoms with Gasteiger partial charge in [-0.25, -0.2) is 13.4 Å². The number of sulfonamides is 1. The van der Waals surface area contributed by atoms with E-state index in [4.69, 9.17) is 0 Å². The third-order valence-corrected chi connectivity index (χ3v) is 6.50. The zero-order valence-electron chi connectivity index (χ0n) is 14.2. The van der Waals surface area contributed by atoms with Crippen LogP contribution in [0.15, 0.2) is 52.9 Å². The van der Waals surface area contributed by atoms with Crippen molar-refractivity contribution < 1.29 is 8.42 Å². The Kier molecular flexibility index (Phi) is 4.78. The molecular formula is C18H19N3O2S2. The van der Waals surface area contributed by atoms with E-state index >= 15 is 0 Å². The van der Waals surface area contributed by atoms with Crippen LogP contribution in [0, 0.1) is 20.8 Å². The van der Waals surface area contributed by atoms with E-state index in [1.165, 1.54) is 11.3 Å². The predicted octanol–water partition coefficient (Wildman–Crippen LogP) is 4.61. The van der Waals surface area contributed by atoms with E-state index in [1.54, 1.807) is 30.5 Å². The number of nitrogens with one attached hydrogen (secondary N) is 2. The lowest BCUT2D eigenvalue weighted by molar-refractivity contribution is 0.603. The van der Waals surface area contributed by atoms with Crippen LogP contribution in [0.1, 0.15) is 16.0 Å². The summed E-state index contributed by atoms with van der Waals surface area (Å²) in [6.07, 6.45) is 1.61. The van der Waals surface area contributed by atoms with Crippen molar-refractivity contribution in [2.45, 2.75) is 25.0 Å². The van der Waals surface area contributed by atoms with E-state index in [1.807, 2.05) is 20.8 Å². The Morgan fingerprint density at radius 2 is 1.80 bits per heavy atom. The first-order valence-corrected chi connectivity index (χ1v) is 10.0. The summed E-state index contributed by atoms with van der Waals surface area (Å²) in [6, 6.07) is 13.0. The topological polar surface area (TPSA) is 71.1 Å². The highest BCUT2D eigenvalue weighted by Crippen LogP contribution is 2.24. The summed E-state index contributed by atoms with van der Waals surface area (Å²) in [7, 11) is -3.59. The molecule has 0 spiro atoms. The van der Waals surface area contributed by atoms with Gasteiger partial charge in [-0.2, -0.15) is 0 Å². The number of rotatable bonds is 5. The van der Waals surface area contributed by atoms with E-state index in [2.05, 4.69) is 33.2 Å². The monoisotopic (exact) mass is 373 g/mol. The van der Waals surface area contributed by atoms with Crippen LogP contribution in [0.4, 0.5) is 17.2 Å². The fraction of sp³-hybridized carbons (Fsp3) is 0.167. The van der Waals surface area contributed by atoms with Crippen LogP contribution in [0.3, 0.4) is 0 Å². The predicted molar refractivity (Wildman–Crippen MR) is 103 cm³/mol. The van der Waals surface area contributed by atoms with Gasteiger partial charge in [0.2, 0.25) is 0 Å². The van der Waals surface area contributed by atoms with Gasteiger partial charge in [0, 0.05) is 10.6 Å². The van der Waals surface area contributed by atoms with Crippen molar-refractivity contribution in [3.05, 3.63) is 64.7 Å². The van der Waals surface area contributed by atoms with Gasteiger partial charge in [-0.1, -0.05) is 12.1 Å². The Morgan fingerprint density at radius 3 is 2.44 bits per heavy atom. The summed E-state index contributed by atoms with van der Waals surface area (Å²) in [5.74, 6) is 0.289. The van der Waals surface area contributed by atoms with E-state index in [0.717, 1.165) is 27.4 Å². The molecule has 0 radical (unpaired) electrons. The van der Waals surface area contributed by atoms with Crippen LogP contribution >= 0.6 is 11.3 Å². The number of aryl methyl sites for hydroxylation is 3. The number of anilines is 3. The molecule has 0 atom stereocenters. The lowest BCUT2D eigenvalue weighted by Crippen LogP contribution is -2.12. The van der Waals surface area contributed by atoms with Crippen molar-refractivity contribution in [2.75, 3.05) is 10.0 Å². The SMILES string of the molecule is Cc1ccc(C)c(Nc2ccc(NS(=O)(=O)c3ccc(C)s3)nc2)c1. The molecule has 0 unspecified atom stereocenters. The minimum absolute atomic E-state index is 0.282. The maximum atomic E-state index is 12.3. The molecule has 130 valence electrons. The molecule has 0 saturated heterocycles. The normalized spacial score (nSPS) is 11.3. The molecule has 3 rings (SSSR count). The fourth-order valence-electron chi connectivity index (χ4n) is 2.30. The fourth-order valence-corrected chi connectivity index (χ4v) is 4.59. The number of aromatic nitrogens is 1. The van der Waals surface area contributed by atoms with Crippen LogP contribution in [0.5, 0.6) is 0 Å². The largest absolute Gasteiger partial charge is 0.354 e. The van der Waals surface area contributed by atoms with Crippen LogP contribution < -0.4 is 10.0 Å². The lowest BCUT2D eigenvalue weighted by Gasteiger charge is -2.11. The Hall–Kier alpha value is -2.38. The smallest absolute Gasteiger partial charge is 0.272 e. The van der Waals surface area contributed by atoms with Gasteiger partial charge in [0.25, 0.3) is 10.0 Å². The number of pyridine rings is 1. The number of nitrogens with zero attached hydrogens (tertiary/aromatic N) is 1. The summed E-state index contributed by atoms with van der Waals surface area (Å²) in [5, 5.41) is 3.30. The second-order valence-electron chi connectivity index (χ2n) is 5.85. The Balaban J connectivity index is 1.75. The van der Waals surface area contributed by atoms with Gasteiger partial charge in [-0.15, -0.1) is 11.3 Å². The van der Waals surface area contributed by atoms with Gasteiger partial charge in [0.15, 0.2) is 0 Å². The molecule has 1 aromatic carbocycles. The molecule has 0 saturated carbocycles. The van der Waals surface area contributed by atoms with Gasteiger partial charge in [0.05, 0.1) is 11.9 Å². The second-order valence-corrected chi connectivity index (χ2v) is 9.04. The highest BCUT2D eigenvalue weighted by Gasteiger charge is 2.16. The maximum absolute atomic E-state index is 12.3. The third-order valence-electron chi connectivity index (χ3n) is 3.66. The molecule has 0 fully saturated rings. The summed E-state index contributed by atoms with van der Waals surface area (Å²) < 4.78 is 27.4. The molecule has 3 aromatic rings. The Morgan fingerprint density at radius 1 is 1.00 bits per heavy atom. The number of hydrogen-bond donors (Lipinski definition) is 2. The van der Waals surface area contributed by atoms with E-state index in [9.17, 15) is 8.42 Å². The molecule has 5 nitrogen and oxygen atoms in total. The average Bonchev–Trinajstić information content (AvgIpc) is 3.00. The van der Waals surface area contributed by atoms with E-state index in [0.29, 0.717) is 0 Å². The molecule has 0 aliphatic heterocycles. The lowest BCUT2D eigenvalue weighted by atomic mass is 10.1. The van der Waals surface area contributed by atoms with Crippen molar-refractivity contribution in [1.29, 1.82) is 0 Å². The molecule has 2 aromatic heterocycles. The zero-order chi connectivity index (χ0) is 18.0. The van der Waals surface area contributed by atoms with Crippen LogP contribution in [0.25, 0.3) is 0 Å². The van der Waals surface area contributed by atoms with Crippen molar-refractivity contribution in [3.8, 4) is 0 Å². The first-order chi connectivity index (χ1) is 11.8. The van der Waals surface area contributed by atoms with Crippen LogP contribution in [-0.4, -0.2) is 13.4 Å². The quantitative estimate of drug-likeness (QED) is 0.685. The number of thiophene rings is 1. The number of hydrogen-bond acceptors (Lipinski definition) is 5. The second kappa shape index (κ2) is 6.85. The van der Waals surface area contributed by atoms with Crippen molar-refractivity contribution in [1.82, 2.24) is 4.98 Å². The molecule has 2 heterocycles. The Labute approximate surface area is 151 Å². The first kappa shape index (κ1) is 17.4. The molecule has 0 amide bonds. The van der Waals surface area contributed by atoms with Gasteiger partial charge in [0.1, 0.15) is 10.0 Å². The molecule has 25 heavy (non-hydrogen) atoms. The molecule has 0 aliphatic rings. The van der Waals surface area contributed by atoms with Crippen molar-refractivity contribution in [2.24, 2.45) is 0 Å². The van der Waals surface area contributed by atoms with Crippen LogP contribution in [-0.2, 0) is 10.0 Å². The average molecular weight is 374 g/mol. The molecule has 7 heteroatoms. The summed E-state index contributed by atoms with van der Waals surface area (Å²) >= 11 is 1.23. The summed E-state index contributed by atoms with van der Waals surface area (Å²) in [6.45, 7) is 5.93. The van der Waals surface area contributed by atoms with Crippen molar-refractivity contribution in [3.63, 3.8) is 0 Å². The minimum Gasteiger partial charge on any atom is -0.354 e.